The van der Waals surface area contributed by atoms with Crippen molar-refractivity contribution in [2.45, 2.75) is 26.2 Å². The van der Waals surface area contributed by atoms with Crippen molar-refractivity contribution in [1.29, 1.82) is 0 Å². The number of hydrogen-bond acceptors (Lipinski definition) is 2. The molecule has 1 aromatic heterocycles. The average molecular weight is 314 g/mol. The fraction of sp³-hybridized carbons (Fsp3) is 0.333. The molecule has 1 heterocycles. The molecular weight excluding hydrogens is 292 g/mol. The van der Waals surface area contributed by atoms with Gasteiger partial charge in [-0.25, -0.2) is 0 Å². The second-order valence-electron chi connectivity index (χ2n) is 5.47. The standard InChI is InChI=1S/C18H22N2O3/c1-2-12-20(13-18(22)23)17(21)11-9-15-8-10-16(19-15)14-6-4-3-5-7-14/h3-8,10,19H,2,9,11-13H2,1H3,(H,22,23). The molecule has 1 amide bonds. The summed E-state index contributed by atoms with van der Waals surface area (Å²) in [7, 11) is 0. The zero-order chi connectivity index (χ0) is 16.7. The Morgan fingerprint density at radius 2 is 1.87 bits per heavy atom. The Kier molecular flexibility index (Phi) is 5.97. The Bertz CT molecular complexity index is 649. The Morgan fingerprint density at radius 1 is 1.13 bits per heavy atom. The minimum atomic E-state index is -0.974. The predicted octanol–water partition coefficient (Wildman–Crippen LogP) is 2.94. The molecule has 5 nitrogen and oxygen atoms in total. The Balaban J connectivity index is 1.93. The summed E-state index contributed by atoms with van der Waals surface area (Å²) in [5, 5.41) is 8.87. The number of hydrogen-bond donors (Lipinski definition) is 2. The lowest BCUT2D eigenvalue weighted by molar-refractivity contribution is -0.144. The van der Waals surface area contributed by atoms with Crippen molar-refractivity contribution in [2.24, 2.45) is 0 Å². The van der Waals surface area contributed by atoms with Crippen molar-refractivity contribution in [3.05, 3.63) is 48.2 Å². The lowest BCUT2D eigenvalue weighted by atomic mass is 10.2. The summed E-state index contributed by atoms with van der Waals surface area (Å²) in [5.41, 5.74) is 3.09. The minimum absolute atomic E-state index is 0.120. The maximum Gasteiger partial charge on any atom is 0.323 e. The SMILES string of the molecule is CCCN(CC(=O)O)C(=O)CCc1ccc(-c2ccccc2)[nH]1. The Labute approximate surface area is 135 Å². The topological polar surface area (TPSA) is 73.4 Å². The van der Waals surface area contributed by atoms with Gasteiger partial charge in [-0.2, -0.15) is 0 Å². The molecule has 0 fully saturated rings. The highest BCUT2D eigenvalue weighted by Crippen LogP contribution is 2.18. The third-order valence-electron chi connectivity index (χ3n) is 3.61. The van der Waals surface area contributed by atoms with Crippen molar-refractivity contribution in [3.8, 4) is 11.3 Å². The number of amides is 1. The van der Waals surface area contributed by atoms with Gasteiger partial charge >= 0.3 is 5.97 Å². The van der Waals surface area contributed by atoms with Gasteiger partial charge in [0.1, 0.15) is 6.54 Å². The molecule has 0 aliphatic carbocycles. The minimum Gasteiger partial charge on any atom is -0.480 e. The Hall–Kier alpha value is -2.56. The quantitative estimate of drug-likeness (QED) is 0.787. The molecule has 2 rings (SSSR count). The molecule has 122 valence electrons. The number of rotatable bonds is 8. The van der Waals surface area contributed by atoms with Crippen LogP contribution in [0.2, 0.25) is 0 Å². The van der Waals surface area contributed by atoms with E-state index in [0.29, 0.717) is 19.4 Å². The van der Waals surface area contributed by atoms with E-state index in [0.717, 1.165) is 23.4 Å². The van der Waals surface area contributed by atoms with Crippen LogP contribution in [0.1, 0.15) is 25.5 Å². The summed E-state index contributed by atoms with van der Waals surface area (Å²) >= 11 is 0. The summed E-state index contributed by atoms with van der Waals surface area (Å²) in [6.45, 7) is 2.18. The van der Waals surface area contributed by atoms with E-state index >= 15 is 0 Å². The number of carboxylic acid groups (broad SMARTS) is 1. The van der Waals surface area contributed by atoms with Crippen molar-refractivity contribution < 1.29 is 14.7 Å². The number of benzene rings is 1. The summed E-state index contributed by atoms with van der Waals surface area (Å²) in [6, 6.07) is 13.9. The summed E-state index contributed by atoms with van der Waals surface area (Å²) < 4.78 is 0. The molecule has 2 N–H and O–H groups in total. The molecular formula is C18H22N2O3. The van der Waals surface area contributed by atoms with Gasteiger partial charge in [-0.15, -0.1) is 0 Å². The monoisotopic (exact) mass is 314 g/mol. The number of aryl methyl sites for hydroxylation is 1. The van der Waals surface area contributed by atoms with E-state index in [9.17, 15) is 9.59 Å². The molecule has 0 radical (unpaired) electrons. The third kappa shape index (κ3) is 4.98. The van der Waals surface area contributed by atoms with E-state index in [1.807, 2.05) is 49.4 Å². The van der Waals surface area contributed by atoms with E-state index in [1.165, 1.54) is 4.90 Å². The lowest BCUT2D eigenvalue weighted by Gasteiger charge is -2.19. The van der Waals surface area contributed by atoms with Crippen LogP contribution in [0, 0.1) is 0 Å². The van der Waals surface area contributed by atoms with Gasteiger partial charge in [0.25, 0.3) is 0 Å². The molecule has 0 unspecified atom stereocenters. The molecule has 0 saturated carbocycles. The molecule has 0 spiro atoms. The highest BCUT2D eigenvalue weighted by atomic mass is 16.4. The van der Waals surface area contributed by atoms with E-state index in [-0.39, 0.29) is 12.5 Å². The molecule has 0 aliphatic rings. The molecule has 1 aromatic carbocycles. The number of nitrogens with one attached hydrogen (secondary N) is 1. The van der Waals surface area contributed by atoms with Crippen LogP contribution in [0.15, 0.2) is 42.5 Å². The van der Waals surface area contributed by atoms with Crippen molar-refractivity contribution in [3.63, 3.8) is 0 Å². The molecule has 0 atom stereocenters. The zero-order valence-electron chi connectivity index (χ0n) is 13.3. The van der Waals surface area contributed by atoms with E-state index in [1.54, 1.807) is 0 Å². The summed E-state index contributed by atoms with van der Waals surface area (Å²) in [6.07, 6.45) is 1.63. The van der Waals surface area contributed by atoms with Crippen LogP contribution in [0.25, 0.3) is 11.3 Å². The van der Waals surface area contributed by atoms with Crippen molar-refractivity contribution in [2.75, 3.05) is 13.1 Å². The molecule has 23 heavy (non-hydrogen) atoms. The van der Waals surface area contributed by atoms with Crippen molar-refractivity contribution in [1.82, 2.24) is 9.88 Å². The van der Waals surface area contributed by atoms with Gasteiger partial charge in [0.15, 0.2) is 0 Å². The number of aromatic amines is 1. The predicted molar refractivity (Wildman–Crippen MR) is 89.1 cm³/mol. The first-order valence-electron chi connectivity index (χ1n) is 7.83. The van der Waals surface area contributed by atoms with Gasteiger partial charge < -0.3 is 15.0 Å². The smallest absolute Gasteiger partial charge is 0.323 e. The number of carbonyl (C=O) groups excluding carboxylic acids is 1. The number of H-pyrrole nitrogens is 1. The average Bonchev–Trinajstić information content (AvgIpc) is 3.01. The number of aliphatic carboxylic acids is 1. The molecule has 0 aliphatic heterocycles. The second-order valence-corrected chi connectivity index (χ2v) is 5.47. The van der Waals surface area contributed by atoms with Gasteiger partial charge in [-0.1, -0.05) is 37.3 Å². The molecule has 5 heteroatoms. The third-order valence-corrected chi connectivity index (χ3v) is 3.61. The maximum absolute atomic E-state index is 12.2. The maximum atomic E-state index is 12.2. The first kappa shape index (κ1) is 16.8. The van der Waals surface area contributed by atoms with Gasteiger partial charge in [-0.05, 0) is 30.5 Å². The van der Waals surface area contributed by atoms with E-state index in [2.05, 4.69) is 4.98 Å². The number of aromatic nitrogens is 1. The zero-order valence-corrected chi connectivity index (χ0v) is 13.3. The van der Waals surface area contributed by atoms with Crippen LogP contribution in [0.3, 0.4) is 0 Å². The van der Waals surface area contributed by atoms with Crippen LogP contribution in [0.4, 0.5) is 0 Å². The van der Waals surface area contributed by atoms with Crippen LogP contribution in [-0.2, 0) is 16.0 Å². The van der Waals surface area contributed by atoms with Crippen LogP contribution >= 0.6 is 0 Å². The fourth-order valence-corrected chi connectivity index (χ4v) is 2.50. The molecule has 2 aromatic rings. The van der Waals surface area contributed by atoms with Crippen molar-refractivity contribution >= 4 is 11.9 Å². The number of carboxylic acids is 1. The summed E-state index contributed by atoms with van der Waals surface area (Å²) in [4.78, 5) is 27.7. The number of carbonyl (C=O) groups is 2. The van der Waals surface area contributed by atoms with Gasteiger partial charge in [0.2, 0.25) is 5.91 Å². The molecule has 0 bridgehead atoms. The van der Waals surface area contributed by atoms with Crippen LogP contribution < -0.4 is 0 Å². The fourth-order valence-electron chi connectivity index (χ4n) is 2.50. The normalized spacial score (nSPS) is 10.5. The first-order valence-corrected chi connectivity index (χ1v) is 7.83. The molecule has 0 saturated heterocycles. The lowest BCUT2D eigenvalue weighted by Crippen LogP contribution is -2.36. The van der Waals surface area contributed by atoms with E-state index < -0.39 is 5.97 Å². The van der Waals surface area contributed by atoms with Crippen LogP contribution in [-0.4, -0.2) is 40.0 Å². The largest absolute Gasteiger partial charge is 0.480 e. The first-order chi connectivity index (χ1) is 11.1. The second kappa shape index (κ2) is 8.17. The van der Waals surface area contributed by atoms with E-state index in [4.69, 9.17) is 5.11 Å². The summed E-state index contributed by atoms with van der Waals surface area (Å²) in [5.74, 6) is -1.09. The van der Waals surface area contributed by atoms with Crippen LogP contribution in [0.5, 0.6) is 0 Å². The Morgan fingerprint density at radius 3 is 2.52 bits per heavy atom. The highest BCUT2D eigenvalue weighted by Gasteiger charge is 2.16. The number of nitrogens with zero attached hydrogens (tertiary/aromatic N) is 1. The highest BCUT2D eigenvalue weighted by molar-refractivity contribution is 5.81. The van der Waals surface area contributed by atoms with Gasteiger partial charge in [-0.3, -0.25) is 9.59 Å². The van der Waals surface area contributed by atoms with Gasteiger partial charge in [0.05, 0.1) is 0 Å². The van der Waals surface area contributed by atoms with Gasteiger partial charge in [0, 0.05) is 24.4 Å².